The molecule has 2 aromatic carbocycles. The number of carboxylic acids is 1. The monoisotopic (exact) mass is 299 g/mol. The van der Waals surface area contributed by atoms with E-state index in [-0.39, 0.29) is 29.9 Å². The van der Waals surface area contributed by atoms with Crippen molar-refractivity contribution in [2.45, 2.75) is 13.0 Å². The molecular formula is C17H17NO4. The second-order valence-corrected chi connectivity index (χ2v) is 4.79. The summed E-state index contributed by atoms with van der Waals surface area (Å²) in [5.74, 6) is -1.22. The van der Waals surface area contributed by atoms with Crippen LogP contribution in [0.2, 0.25) is 0 Å². The van der Waals surface area contributed by atoms with E-state index < -0.39 is 5.97 Å². The molecular weight excluding hydrogens is 282 g/mol. The summed E-state index contributed by atoms with van der Waals surface area (Å²) in [5.41, 5.74) is 1.02. The number of carbonyl (C=O) groups excluding carboxylic acids is 1. The summed E-state index contributed by atoms with van der Waals surface area (Å²) in [6, 6.07) is 15.6. The number of carbonyl (C=O) groups is 2. The molecule has 0 bridgehead atoms. The highest BCUT2D eigenvalue weighted by Gasteiger charge is 2.13. The smallest absolute Gasteiger partial charge is 0.339 e. The molecule has 0 fully saturated rings. The lowest BCUT2D eigenvalue weighted by Gasteiger charge is -2.15. The Bertz CT molecular complexity index is 655. The summed E-state index contributed by atoms with van der Waals surface area (Å²) in [7, 11) is 0. The largest absolute Gasteiger partial charge is 0.483 e. The molecule has 5 nitrogen and oxygen atoms in total. The first kappa shape index (κ1) is 15.6. The Morgan fingerprint density at radius 2 is 1.73 bits per heavy atom. The summed E-state index contributed by atoms with van der Waals surface area (Å²) in [6.45, 7) is 1.64. The van der Waals surface area contributed by atoms with E-state index >= 15 is 0 Å². The Kier molecular flexibility index (Phi) is 5.14. The van der Waals surface area contributed by atoms with Gasteiger partial charge in [-0.15, -0.1) is 0 Å². The molecule has 0 spiro atoms. The Hall–Kier alpha value is -2.82. The number of benzene rings is 2. The Labute approximate surface area is 128 Å². The molecule has 0 aliphatic carbocycles. The van der Waals surface area contributed by atoms with Gasteiger partial charge < -0.3 is 15.2 Å². The average Bonchev–Trinajstić information content (AvgIpc) is 2.54. The van der Waals surface area contributed by atoms with E-state index in [2.05, 4.69) is 5.32 Å². The fourth-order valence-electron chi connectivity index (χ4n) is 2.02. The molecule has 0 heterocycles. The molecule has 0 saturated heterocycles. The zero-order chi connectivity index (χ0) is 15.9. The van der Waals surface area contributed by atoms with Crippen molar-refractivity contribution < 1.29 is 19.4 Å². The fourth-order valence-corrected chi connectivity index (χ4v) is 2.02. The third kappa shape index (κ3) is 4.09. The lowest BCUT2D eigenvalue weighted by molar-refractivity contribution is -0.123. The van der Waals surface area contributed by atoms with Gasteiger partial charge in [0.1, 0.15) is 11.3 Å². The van der Waals surface area contributed by atoms with Crippen LogP contribution in [0.25, 0.3) is 0 Å². The predicted molar refractivity (Wildman–Crippen MR) is 81.9 cm³/mol. The van der Waals surface area contributed by atoms with E-state index in [1.54, 1.807) is 12.1 Å². The number of carboxylic acid groups (broad SMARTS) is 1. The van der Waals surface area contributed by atoms with Gasteiger partial charge in [-0.3, -0.25) is 4.79 Å². The minimum absolute atomic E-state index is 0.0337. The molecule has 0 radical (unpaired) electrons. The number of rotatable bonds is 6. The van der Waals surface area contributed by atoms with Gasteiger partial charge in [-0.2, -0.15) is 0 Å². The molecule has 0 aliphatic rings. The summed E-state index contributed by atoms with van der Waals surface area (Å²) in [6.07, 6.45) is 0. The predicted octanol–water partition coefficient (Wildman–Crippen LogP) is 2.64. The molecule has 1 amide bonds. The normalized spacial score (nSPS) is 11.5. The van der Waals surface area contributed by atoms with E-state index in [9.17, 15) is 9.59 Å². The molecule has 114 valence electrons. The number of ether oxygens (including phenoxy) is 1. The van der Waals surface area contributed by atoms with Crippen molar-refractivity contribution in [3.05, 3.63) is 65.7 Å². The van der Waals surface area contributed by atoms with E-state index in [0.29, 0.717) is 0 Å². The van der Waals surface area contributed by atoms with E-state index in [4.69, 9.17) is 9.84 Å². The van der Waals surface area contributed by atoms with Crippen molar-refractivity contribution in [2.75, 3.05) is 6.61 Å². The number of amides is 1. The summed E-state index contributed by atoms with van der Waals surface area (Å²) < 4.78 is 5.30. The zero-order valence-electron chi connectivity index (χ0n) is 12.2. The van der Waals surface area contributed by atoms with Crippen molar-refractivity contribution in [1.82, 2.24) is 5.32 Å². The molecule has 1 atom stereocenters. The van der Waals surface area contributed by atoms with Gasteiger partial charge in [0.2, 0.25) is 0 Å². The van der Waals surface area contributed by atoms with Gasteiger partial charge in [-0.05, 0) is 24.6 Å². The molecule has 2 aromatic rings. The van der Waals surface area contributed by atoms with Crippen LogP contribution in [0.4, 0.5) is 0 Å². The number of para-hydroxylation sites is 1. The minimum Gasteiger partial charge on any atom is -0.483 e. The van der Waals surface area contributed by atoms with Crippen molar-refractivity contribution in [3.63, 3.8) is 0 Å². The van der Waals surface area contributed by atoms with Crippen LogP contribution < -0.4 is 10.1 Å². The third-order valence-electron chi connectivity index (χ3n) is 3.15. The zero-order valence-corrected chi connectivity index (χ0v) is 12.2. The Morgan fingerprint density at radius 1 is 1.09 bits per heavy atom. The van der Waals surface area contributed by atoms with E-state index in [1.807, 2.05) is 37.3 Å². The van der Waals surface area contributed by atoms with Crippen molar-refractivity contribution in [1.29, 1.82) is 0 Å². The first-order chi connectivity index (χ1) is 10.6. The van der Waals surface area contributed by atoms with Crippen LogP contribution in [0, 0.1) is 0 Å². The maximum Gasteiger partial charge on any atom is 0.339 e. The second-order valence-electron chi connectivity index (χ2n) is 4.79. The van der Waals surface area contributed by atoms with Gasteiger partial charge in [-0.25, -0.2) is 4.79 Å². The SMILES string of the molecule is C[C@@H](NC(=O)COc1ccccc1C(=O)O)c1ccccc1. The van der Waals surface area contributed by atoms with Crippen LogP contribution in [0.1, 0.15) is 28.9 Å². The van der Waals surface area contributed by atoms with Crippen LogP contribution in [0.3, 0.4) is 0 Å². The number of hydrogen-bond acceptors (Lipinski definition) is 3. The molecule has 5 heteroatoms. The van der Waals surface area contributed by atoms with Crippen LogP contribution in [0.5, 0.6) is 5.75 Å². The molecule has 0 unspecified atom stereocenters. The summed E-state index contributed by atoms with van der Waals surface area (Å²) in [4.78, 5) is 22.9. The summed E-state index contributed by atoms with van der Waals surface area (Å²) >= 11 is 0. The van der Waals surface area contributed by atoms with Gasteiger partial charge >= 0.3 is 5.97 Å². The minimum atomic E-state index is -1.09. The van der Waals surface area contributed by atoms with E-state index in [0.717, 1.165) is 5.56 Å². The van der Waals surface area contributed by atoms with Crippen LogP contribution in [0.15, 0.2) is 54.6 Å². The molecule has 2 rings (SSSR count). The Morgan fingerprint density at radius 3 is 2.41 bits per heavy atom. The van der Waals surface area contributed by atoms with Crippen molar-refractivity contribution in [2.24, 2.45) is 0 Å². The first-order valence-electron chi connectivity index (χ1n) is 6.87. The van der Waals surface area contributed by atoms with Crippen LogP contribution in [-0.2, 0) is 4.79 Å². The van der Waals surface area contributed by atoms with Gasteiger partial charge in [0, 0.05) is 0 Å². The Balaban J connectivity index is 1.92. The van der Waals surface area contributed by atoms with Crippen LogP contribution >= 0.6 is 0 Å². The van der Waals surface area contributed by atoms with Gasteiger partial charge in [0.05, 0.1) is 6.04 Å². The highest BCUT2D eigenvalue weighted by molar-refractivity contribution is 5.91. The van der Waals surface area contributed by atoms with E-state index in [1.165, 1.54) is 12.1 Å². The third-order valence-corrected chi connectivity index (χ3v) is 3.15. The fraction of sp³-hybridized carbons (Fsp3) is 0.176. The highest BCUT2D eigenvalue weighted by Crippen LogP contribution is 2.17. The molecule has 0 saturated carbocycles. The second kappa shape index (κ2) is 7.26. The number of hydrogen-bond donors (Lipinski definition) is 2. The number of aromatic carboxylic acids is 1. The quantitative estimate of drug-likeness (QED) is 0.859. The topological polar surface area (TPSA) is 75.6 Å². The standard InChI is InChI=1S/C17H17NO4/c1-12(13-7-3-2-4-8-13)18-16(19)11-22-15-10-6-5-9-14(15)17(20)21/h2-10,12H,11H2,1H3,(H,18,19)(H,20,21)/t12-/m1/s1. The molecule has 0 aliphatic heterocycles. The highest BCUT2D eigenvalue weighted by atomic mass is 16.5. The maximum atomic E-state index is 11.9. The van der Waals surface area contributed by atoms with Crippen molar-refractivity contribution >= 4 is 11.9 Å². The summed E-state index contributed by atoms with van der Waals surface area (Å²) in [5, 5.41) is 11.8. The molecule has 2 N–H and O–H groups in total. The van der Waals surface area contributed by atoms with Gasteiger partial charge in [0.15, 0.2) is 6.61 Å². The lowest BCUT2D eigenvalue weighted by Crippen LogP contribution is -2.31. The van der Waals surface area contributed by atoms with Gasteiger partial charge in [0.25, 0.3) is 5.91 Å². The first-order valence-corrected chi connectivity index (χ1v) is 6.87. The molecule has 0 aromatic heterocycles. The van der Waals surface area contributed by atoms with Gasteiger partial charge in [-0.1, -0.05) is 42.5 Å². The lowest BCUT2D eigenvalue weighted by atomic mass is 10.1. The number of nitrogens with one attached hydrogen (secondary N) is 1. The maximum absolute atomic E-state index is 11.9. The van der Waals surface area contributed by atoms with Crippen LogP contribution in [-0.4, -0.2) is 23.6 Å². The molecule has 22 heavy (non-hydrogen) atoms. The van der Waals surface area contributed by atoms with Crippen molar-refractivity contribution in [3.8, 4) is 5.75 Å². The average molecular weight is 299 g/mol.